The first-order valence-corrected chi connectivity index (χ1v) is 11.9. The summed E-state index contributed by atoms with van der Waals surface area (Å²) in [6, 6.07) is 15.9. The molecule has 2 aromatic carbocycles. The Morgan fingerprint density at radius 1 is 1.09 bits per heavy atom. The van der Waals surface area contributed by atoms with Crippen molar-refractivity contribution < 1.29 is 14.5 Å². The summed E-state index contributed by atoms with van der Waals surface area (Å²) < 4.78 is 0. The van der Waals surface area contributed by atoms with Gasteiger partial charge in [-0.1, -0.05) is 44.2 Å². The van der Waals surface area contributed by atoms with E-state index in [1.165, 1.54) is 29.8 Å². The Morgan fingerprint density at radius 3 is 2.32 bits per heavy atom. The standard InChI is InChI=1S/C26H34N4O4/c1-20(2)19-29(26(32)27-23-8-10-24(11-9-23)30(33)34)17-14-25(31)28-15-12-22(13-16-28)18-21-6-4-3-5-7-21/h3-11,20,22H,12-19H2,1-2H3,(H,27,32). The van der Waals surface area contributed by atoms with E-state index in [0.717, 1.165) is 32.4 Å². The fourth-order valence-corrected chi connectivity index (χ4v) is 4.31. The number of hydrogen-bond donors (Lipinski definition) is 1. The van der Waals surface area contributed by atoms with Gasteiger partial charge in [-0.05, 0) is 48.8 Å². The average Bonchev–Trinajstić information content (AvgIpc) is 2.82. The molecule has 1 aliphatic rings. The number of likely N-dealkylation sites (tertiary alicyclic amines) is 1. The van der Waals surface area contributed by atoms with E-state index >= 15 is 0 Å². The van der Waals surface area contributed by atoms with Gasteiger partial charge >= 0.3 is 6.03 Å². The minimum absolute atomic E-state index is 0.0322. The van der Waals surface area contributed by atoms with Crippen molar-refractivity contribution in [1.29, 1.82) is 0 Å². The SMILES string of the molecule is CC(C)CN(CCC(=O)N1CCC(Cc2ccccc2)CC1)C(=O)Nc1ccc([N+](=O)[O-])cc1. The Hall–Kier alpha value is -3.42. The number of nitro groups is 1. The molecule has 1 heterocycles. The van der Waals surface area contributed by atoms with Crippen molar-refractivity contribution in [3.05, 3.63) is 70.3 Å². The number of carbonyl (C=O) groups is 2. The Bertz CT molecular complexity index is 955. The number of amides is 3. The van der Waals surface area contributed by atoms with Gasteiger partial charge in [-0.3, -0.25) is 14.9 Å². The van der Waals surface area contributed by atoms with Crippen LogP contribution in [0.1, 0.15) is 38.7 Å². The van der Waals surface area contributed by atoms with Crippen LogP contribution in [0.2, 0.25) is 0 Å². The van der Waals surface area contributed by atoms with Gasteiger partial charge in [0.1, 0.15) is 0 Å². The van der Waals surface area contributed by atoms with Crippen LogP contribution in [0.5, 0.6) is 0 Å². The molecule has 1 saturated heterocycles. The molecule has 1 fully saturated rings. The first-order valence-electron chi connectivity index (χ1n) is 11.9. The van der Waals surface area contributed by atoms with Crippen molar-refractivity contribution in [2.75, 3.05) is 31.5 Å². The first kappa shape index (κ1) is 25.2. The monoisotopic (exact) mass is 466 g/mol. The van der Waals surface area contributed by atoms with Gasteiger partial charge in [-0.15, -0.1) is 0 Å². The van der Waals surface area contributed by atoms with Crippen molar-refractivity contribution in [3.8, 4) is 0 Å². The van der Waals surface area contributed by atoms with Gasteiger partial charge in [0, 0.05) is 50.4 Å². The highest BCUT2D eigenvalue weighted by molar-refractivity contribution is 5.89. The quantitative estimate of drug-likeness (QED) is 0.417. The molecule has 3 rings (SSSR count). The van der Waals surface area contributed by atoms with Crippen molar-refractivity contribution >= 4 is 23.3 Å². The number of hydrogen-bond acceptors (Lipinski definition) is 4. The summed E-state index contributed by atoms with van der Waals surface area (Å²) in [6.07, 6.45) is 3.32. The van der Waals surface area contributed by atoms with Crippen LogP contribution in [0.15, 0.2) is 54.6 Å². The number of benzene rings is 2. The summed E-state index contributed by atoms with van der Waals surface area (Å²) in [5.74, 6) is 0.915. The smallest absolute Gasteiger partial charge is 0.321 e. The van der Waals surface area contributed by atoms with Crippen LogP contribution >= 0.6 is 0 Å². The molecule has 0 aromatic heterocycles. The van der Waals surface area contributed by atoms with E-state index in [-0.39, 0.29) is 30.0 Å². The predicted octanol–water partition coefficient (Wildman–Crippen LogP) is 4.96. The average molecular weight is 467 g/mol. The van der Waals surface area contributed by atoms with Crippen LogP contribution in [0.4, 0.5) is 16.2 Å². The molecule has 0 unspecified atom stereocenters. The number of urea groups is 1. The molecule has 3 amide bonds. The predicted molar refractivity (Wildman–Crippen MR) is 133 cm³/mol. The molecular formula is C26H34N4O4. The van der Waals surface area contributed by atoms with E-state index in [1.54, 1.807) is 4.90 Å². The number of nitrogens with one attached hydrogen (secondary N) is 1. The highest BCUT2D eigenvalue weighted by atomic mass is 16.6. The highest BCUT2D eigenvalue weighted by Gasteiger charge is 2.24. The Labute approximate surface area is 201 Å². The van der Waals surface area contributed by atoms with Crippen molar-refractivity contribution in [2.45, 2.75) is 39.5 Å². The van der Waals surface area contributed by atoms with Crippen LogP contribution in [0.25, 0.3) is 0 Å². The first-order chi connectivity index (χ1) is 16.3. The Balaban J connectivity index is 1.48. The maximum atomic E-state index is 12.8. The van der Waals surface area contributed by atoms with Crippen molar-refractivity contribution in [1.82, 2.24) is 9.80 Å². The Morgan fingerprint density at radius 2 is 1.74 bits per heavy atom. The zero-order valence-electron chi connectivity index (χ0n) is 20.0. The Kier molecular flexibility index (Phi) is 9.01. The molecular weight excluding hydrogens is 432 g/mol. The lowest BCUT2D eigenvalue weighted by molar-refractivity contribution is -0.384. The number of nitrogens with zero attached hydrogens (tertiary/aromatic N) is 3. The fraction of sp³-hybridized carbons (Fsp3) is 0.462. The van der Waals surface area contributed by atoms with E-state index < -0.39 is 4.92 Å². The van der Waals surface area contributed by atoms with Gasteiger partial charge in [-0.25, -0.2) is 4.79 Å². The van der Waals surface area contributed by atoms with Gasteiger partial charge in [-0.2, -0.15) is 0 Å². The van der Waals surface area contributed by atoms with Gasteiger partial charge < -0.3 is 15.1 Å². The second-order valence-electron chi connectivity index (χ2n) is 9.34. The number of carbonyl (C=O) groups excluding carboxylic acids is 2. The molecule has 0 bridgehead atoms. The van der Waals surface area contributed by atoms with Gasteiger partial charge in [0.15, 0.2) is 0 Å². The number of non-ortho nitro benzene ring substituents is 1. The normalized spacial score (nSPS) is 14.1. The molecule has 0 atom stereocenters. The molecule has 0 radical (unpaired) electrons. The van der Waals surface area contributed by atoms with Gasteiger partial charge in [0.25, 0.3) is 5.69 Å². The van der Waals surface area contributed by atoms with E-state index in [1.807, 2.05) is 24.8 Å². The molecule has 0 saturated carbocycles. The number of nitro benzene ring substituents is 1. The van der Waals surface area contributed by atoms with E-state index in [0.29, 0.717) is 24.7 Å². The fourth-order valence-electron chi connectivity index (χ4n) is 4.31. The molecule has 1 N–H and O–H groups in total. The topological polar surface area (TPSA) is 95.8 Å². The molecule has 2 aromatic rings. The summed E-state index contributed by atoms with van der Waals surface area (Å²) in [5, 5.41) is 13.6. The third-order valence-electron chi connectivity index (χ3n) is 6.13. The molecule has 34 heavy (non-hydrogen) atoms. The van der Waals surface area contributed by atoms with E-state index in [9.17, 15) is 19.7 Å². The van der Waals surface area contributed by atoms with Crippen LogP contribution in [0.3, 0.4) is 0 Å². The lowest BCUT2D eigenvalue weighted by atomic mass is 9.90. The van der Waals surface area contributed by atoms with Crippen molar-refractivity contribution in [2.24, 2.45) is 11.8 Å². The lowest BCUT2D eigenvalue weighted by Crippen LogP contribution is -2.43. The zero-order valence-corrected chi connectivity index (χ0v) is 20.0. The largest absolute Gasteiger partial charge is 0.343 e. The summed E-state index contributed by atoms with van der Waals surface area (Å²) in [6.45, 7) is 6.41. The van der Waals surface area contributed by atoms with Gasteiger partial charge in [0.2, 0.25) is 5.91 Å². The maximum absolute atomic E-state index is 12.8. The number of piperidine rings is 1. The minimum atomic E-state index is -0.479. The summed E-state index contributed by atoms with van der Waals surface area (Å²) in [4.78, 5) is 39.6. The molecule has 0 aliphatic carbocycles. The summed E-state index contributed by atoms with van der Waals surface area (Å²) >= 11 is 0. The van der Waals surface area contributed by atoms with Crippen LogP contribution in [-0.2, 0) is 11.2 Å². The number of anilines is 1. The third-order valence-corrected chi connectivity index (χ3v) is 6.13. The molecule has 8 nitrogen and oxygen atoms in total. The van der Waals surface area contributed by atoms with Crippen LogP contribution < -0.4 is 5.32 Å². The van der Waals surface area contributed by atoms with Crippen LogP contribution in [0, 0.1) is 22.0 Å². The van der Waals surface area contributed by atoms with Crippen molar-refractivity contribution in [3.63, 3.8) is 0 Å². The summed E-state index contributed by atoms with van der Waals surface area (Å²) in [5.41, 5.74) is 1.79. The van der Waals surface area contributed by atoms with E-state index in [2.05, 4.69) is 29.6 Å². The third kappa shape index (κ3) is 7.57. The highest BCUT2D eigenvalue weighted by Crippen LogP contribution is 2.22. The molecule has 0 spiro atoms. The van der Waals surface area contributed by atoms with Gasteiger partial charge in [0.05, 0.1) is 4.92 Å². The second-order valence-corrected chi connectivity index (χ2v) is 9.34. The lowest BCUT2D eigenvalue weighted by Gasteiger charge is -2.33. The van der Waals surface area contributed by atoms with E-state index in [4.69, 9.17) is 0 Å². The summed E-state index contributed by atoms with van der Waals surface area (Å²) in [7, 11) is 0. The molecule has 182 valence electrons. The minimum Gasteiger partial charge on any atom is -0.343 e. The molecule has 8 heteroatoms. The molecule has 1 aliphatic heterocycles. The zero-order chi connectivity index (χ0) is 24.5. The van der Waals surface area contributed by atoms with Crippen LogP contribution in [-0.4, -0.2) is 52.8 Å². The number of rotatable bonds is 9. The second kappa shape index (κ2) is 12.2. The maximum Gasteiger partial charge on any atom is 0.321 e.